The lowest BCUT2D eigenvalue weighted by atomic mass is 10.1. The summed E-state index contributed by atoms with van der Waals surface area (Å²) < 4.78 is 4.83. The van der Waals surface area contributed by atoms with Gasteiger partial charge in [-0.3, -0.25) is 4.79 Å². The van der Waals surface area contributed by atoms with E-state index in [0.717, 1.165) is 9.90 Å². The Kier molecular flexibility index (Phi) is 5.81. The molecule has 0 atom stereocenters. The van der Waals surface area contributed by atoms with Crippen molar-refractivity contribution >= 4 is 52.6 Å². The van der Waals surface area contributed by atoms with E-state index in [-0.39, 0.29) is 17.2 Å². The second-order valence-corrected chi connectivity index (χ2v) is 6.95. The molecule has 2 aromatic rings. The topological polar surface area (TPSA) is 95.0 Å². The first-order valence-corrected chi connectivity index (χ1v) is 9.10. The van der Waals surface area contributed by atoms with Crippen molar-refractivity contribution in [2.24, 2.45) is 0 Å². The summed E-state index contributed by atoms with van der Waals surface area (Å²) in [7, 11) is 0. The van der Waals surface area contributed by atoms with Crippen molar-refractivity contribution in [3.63, 3.8) is 0 Å². The largest absolute Gasteiger partial charge is 0.545 e. The molecule has 1 aromatic heterocycles. The number of nitrogens with zero attached hydrogens (tertiary/aromatic N) is 2. The number of nitrogens with one attached hydrogen (secondary N) is 1. The van der Waals surface area contributed by atoms with Gasteiger partial charge in [-0.2, -0.15) is 4.37 Å². The molecule has 1 amide bonds. The number of aromatic carboxylic acids is 1. The Morgan fingerprint density at radius 1 is 1.41 bits per heavy atom. The molecule has 0 aliphatic heterocycles. The maximum absolute atomic E-state index is 12.0. The molecule has 9 heteroatoms. The van der Waals surface area contributed by atoms with Crippen LogP contribution in [0.4, 0.5) is 5.69 Å². The molecule has 0 saturated carbocycles. The molecule has 1 heterocycles. The number of carboxylic acid groups (broad SMARTS) is 1. The first kappa shape index (κ1) is 16.8. The number of hydrogen-bond acceptors (Lipinski definition) is 8. The molecule has 0 saturated heterocycles. The van der Waals surface area contributed by atoms with Gasteiger partial charge in [-0.05, 0) is 41.9 Å². The molecule has 0 radical (unpaired) electrons. The molecule has 22 heavy (non-hydrogen) atoms. The van der Waals surface area contributed by atoms with Crippen molar-refractivity contribution in [3.8, 4) is 0 Å². The first-order chi connectivity index (χ1) is 10.5. The smallest absolute Gasteiger partial charge is 0.234 e. The van der Waals surface area contributed by atoms with Crippen molar-refractivity contribution < 1.29 is 14.7 Å². The van der Waals surface area contributed by atoms with Crippen LogP contribution >= 0.6 is 35.1 Å². The quantitative estimate of drug-likeness (QED) is 0.788. The molecule has 0 spiro atoms. The highest BCUT2D eigenvalue weighted by atomic mass is 32.2. The van der Waals surface area contributed by atoms with Crippen LogP contribution in [0.25, 0.3) is 0 Å². The van der Waals surface area contributed by atoms with Crippen LogP contribution in [0.5, 0.6) is 0 Å². The highest BCUT2D eigenvalue weighted by molar-refractivity contribution is 8.01. The van der Waals surface area contributed by atoms with Gasteiger partial charge in [-0.25, -0.2) is 4.98 Å². The van der Waals surface area contributed by atoms with Crippen LogP contribution in [0.3, 0.4) is 0 Å². The van der Waals surface area contributed by atoms with Crippen molar-refractivity contribution in [1.82, 2.24) is 9.36 Å². The fraction of sp³-hybridized carbons (Fsp3) is 0.231. The van der Waals surface area contributed by atoms with E-state index < -0.39 is 5.97 Å². The van der Waals surface area contributed by atoms with Crippen LogP contribution in [-0.4, -0.2) is 33.2 Å². The van der Waals surface area contributed by atoms with Crippen LogP contribution < -0.4 is 10.4 Å². The van der Waals surface area contributed by atoms with E-state index in [2.05, 4.69) is 14.7 Å². The Hall–Kier alpha value is -1.58. The zero-order valence-electron chi connectivity index (χ0n) is 11.8. The fourth-order valence-corrected chi connectivity index (χ4v) is 3.55. The number of carbonyl (C=O) groups is 2. The third-order valence-electron chi connectivity index (χ3n) is 2.65. The number of benzene rings is 1. The molecule has 0 unspecified atom stereocenters. The van der Waals surface area contributed by atoms with E-state index >= 15 is 0 Å². The average Bonchev–Trinajstić information content (AvgIpc) is 2.95. The highest BCUT2D eigenvalue weighted by Gasteiger charge is 2.09. The summed E-state index contributed by atoms with van der Waals surface area (Å²) in [6, 6.07) is 4.47. The molecule has 116 valence electrons. The normalized spacial score (nSPS) is 10.5. The monoisotopic (exact) mass is 354 g/mol. The minimum Gasteiger partial charge on any atom is -0.545 e. The lowest BCUT2D eigenvalue weighted by molar-refractivity contribution is -0.255. The van der Waals surface area contributed by atoms with Gasteiger partial charge in [0.2, 0.25) is 11.1 Å². The minimum atomic E-state index is -1.27. The molecule has 0 aliphatic rings. The first-order valence-electron chi connectivity index (χ1n) is 6.12. The number of aryl methyl sites for hydroxylation is 1. The van der Waals surface area contributed by atoms with E-state index in [9.17, 15) is 14.7 Å². The molecule has 2 rings (SSSR count). The summed E-state index contributed by atoms with van der Waals surface area (Å²) >= 11 is 3.98. The maximum Gasteiger partial charge on any atom is 0.234 e. The standard InChI is InChI=1S/C13H13N3O3S3/c1-7-3-4-8(11(18)19)5-9(7)14-10(17)6-21-13-15-12(20-2)16-22-13/h3-5H,6H2,1-2H3,(H,14,17)(H,18,19)/p-1. The van der Waals surface area contributed by atoms with Gasteiger partial charge < -0.3 is 15.2 Å². The van der Waals surface area contributed by atoms with Gasteiger partial charge in [-0.1, -0.05) is 35.7 Å². The van der Waals surface area contributed by atoms with Crippen LogP contribution in [0.15, 0.2) is 27.7 Å². The summed E-state index contributed by atoms with van der Waals surface area (Å²) in [6.07, 6.45) is 1.89. The van der Waals surface area contributed by atoms with Gasteiger partial charge in [0.1, 0.15) is 0 Å². The molecular weight excluding hydrogens is 342 g/mol. The Balaban J connectivity index is 1.96. The Morgan fingerprint density at radius 2 is 2.18 bits per heavy atom. The van der Waals surface area contributed by atoms with E-state index in [1.54, 1.807) is 13.0 Å². The zero-order valence-corrected chi connectivity index (χ0v) is 14.2. The SMILES string of the molecule is CSc1nsc(SCC(=O)Nc2cc(C(=O)[O-])ccc2C)n1. The predicted molar refractivity (Wildman–Crippen MR) is 86.6 cm³/mol. The van der Waals surface area contributed by atoms with E-state index in [4.69, 9.17) is 0 Å². The Bertz CT molecular complexity index is 703. The number of anilines is 1. The number of thioether (sulfide) groups is 2. The lowest BCUT2D eigenvalue weighted by Crippen LogP contribution is -2.23. The molecule has 0 fully saturated rings. The van der Waals surface area contributed by atoms with Crippen molar-refractivity contribution in [2.45, 2.75) is 16.4 Å². The number of carbonyl (C=O) groups excluding carboxylic acids is 2. The summed E-state index contributed by atoms with van der Waals surface area (Å²) in [5, 5.41) is 14.2. The van der Waals surface area contributed by atoms with Crippen LogP contribution in [0.2, 0.25) is 0 Å². The van der Waals surface area contributed by atoms with Crippen molar-refractivity contribution in [1.29, 1.82) is 0 Å². The second kappa shape index (κ2) is 7.61. The molecule has 6 nitrogen and oxygen atoms in total. The highest BCUT2D eigenvalue weighted by Crippen LogP contribution is 2.24. The minimum absolute atomic E-state index is 0.0299. The average molecular weight is 354 g/mol. The van der Waals surface area contributed by atoms with E-state index in [1.165, 1.54) is 47.2 Å². The predicted octanol–water partition coefficient (Wildman–Crippen LogP) is 1.66. The van der Waals surface area contributed by atoms with E-state index in [0.29, 0.717) is 10.8 Å². The van der Waals surface area contributed by atoms with E-state index in [1.807, 2.05) is 6.26 Å². The van der Waals surface area contributed by atoms with Gasteiger partial charge in [0.05, 0.1) is 11.7 Å². The van der Waals surface area contributed by atoms with Crippen LogP contribution in [-0.2, 0) is 4.79 Å². The van der Waals surface area contributed by atoms with Gasteiger partial charge >= 0.3 is 0 Å². The molecule has 0 aliphatic carbocycles. The number of rotatable bonds is 6. The zero-order chi connectivity index (χ0) is 16.1. The third kappa shape index (κ3) is 4.46. The van der Waals surface area contributed by atoms with Gasteiger partial charge in [0.15, 0.2) is 4.34 Å². The number of carboxylic acids is 1. The number of aromatic nitrogens is 2. The Labute approximate surface area is 139 Å². The summed E-state index contributed by atoms with van der Waals surface area (Å²) in [5.74, 6) is -1.33. The van der Waals surface area contributed by atoms with Crippen molar-refractivity contribution in [3.05, 3.63) is 29.3 Å². The molecular formula is C13H12N3O3S3-. The van der Waals surface area contributed by atoms with Gasteiger partial charge in [0.25, 0.3) is 0 Å². The van der Waals surface area contributed by atoms with Crippen LogP contribution in [0.1, 0.15) is 15.9 Å². The number of hydrogen-bond donors (Lipinski definition) is 1. The van der Waals surface area contributed by atoms with Crippen molar-refractivity contribution in [2.75, 3.05) is 17.3 Å². The third-order valence-corrected chi connectivity index (χ3v) is 5.14. The maximum atomic E-state index is 12.0. The number of amides is 1. The molecule has 1 aromatic carbocycles. The lowest BCUT2D eigenvalue weighted by Gasteiger charge is -2.10. The van der Waals surface area contributed by atoms with Gasteiger partial charge in [-0.15, -0.1) is 0 Å². The van der Waals surface area contributed by atoms with Gasteiger partial charge in [0, 0.05) is 5.69 Å². The molecule has 0 bridgehead atoms. The fourth-order valence-electron chi connectivity index (χ4n) is 1.54. The Morgan fingerprint density at radius 3 is 2.82 bits per heavy atom. The summed E-state index contributed by atoms with van der Waals surface area (Å²) in [6.45, 7) is 1.79. The van der Waals surface area contributed by atoms with Crippen LogP contribution in [0, 0.1) is 6.92 Å². The summed E-state index contributed by atoms with van der Waals surface area (Å²) in [5.41, 5.74) is 1.28. The summed E-state index contributed by atoms with van der Waals surface area (Å²) in [4.78, 5) is 27.0. The molecule has 1 N–H and O–H groups in total. The second-order valence-electron chi connectivity index (χ2n) is 4.20.